The highest BCUT2D eigenvalue weighted by molar-refractivity contribution is 4.95. The largest absolute Gasteiger partial charge is 0.393 e. The minimum Gasteiger partial charge on any atom is -0.393 e. The second kappa shape index (κ2) is 5.65. The molecule has 0 aromatic carbocycles. The van der Waals surface area contributed by atoms with Gasteiger partial charge in [-0.2, -0.15) is 0 Å². The van der Waals surface area contributed by atoms with Crippen LogP contribution in [0, 0.1) is 0 Å². The molecule has 2 aliphatic heterocycles. The van der Waals surface area contributed by atoms with Crippen molar-refractivity contribution in [2.24, 2.45) is 0 Å². The van der Waals surface area contributed by atoms with E-state index in [9.17, 15) is 10.2 Å². The van der Waals surface area contributed by atoms with Crippen LogP contribution in [0.4, 0.5) is 0 Å². The number of fused-ring (bicyclic) bond motifs is 2. The van der Waals surface area contributed by atoms with E-state index in [1.165, 1.54) is 12.8 Å². The zero-order valence-corrected chi connectivity index (χ0v) is 10.9. The SMILES string of the molecule is CC(C)OCC(O)CN1C2CCC1CC(O)C2. The Morgan fingerprint density at radius 3 is 2.35 bits per heavy atom. The third kappa shape index (κ3) is 3.41. The van der Waals surface area contributed by atoms with Gasteiger partial charge in [0.25, 0.3) is 0 Å². The maximum atomic E-state index is 9.95. The first kappa shape index (κ1) is 13.3. The first-order chi connectivity index (χ1) is 8.06. The van der Waals surface area contributed by atoms with Crippen LogP contribution in [0.5, 0.6) is 0 Å². The molecule has 0 aliphatic carbocycles. The first-order valence-electron chi connectivity index (χ1n) is 6.79. The number of aliphatic hydroxyl groups is 2. The monoisotopic (exact) mass is 243 g/mol. The van der Waals surface area contributed by atoms with Crippen molar-refractivity contribution in [3.63, 3.8) is 0 Å². The van der Waals surface area contributed by atoms with E-state index in [1.807, 2.05) is 13.8 Å². The van der Waals surface area contributed by atoms with Crippen molar-refractivity contribution in [1.29, 1.82) is 0 Å². The molecular weight excluding hydrogens is 218 g/mol. The van der Waals surface area contributed by atoms with E-state index in [4.69, 9.17) is 4.74 Å². The van der Waals surface area contributed by atoms with Crippen LogP contribution in [0.15, 0.2) is 0 Å². The number of ether oxygens (including phenoxy) is 1. The first-order valence-corrected chi connectivity index (χ1v) is 6.79. The zero-order valence-electron chi connectivity index (χ0n) is 10.9. The van der Waals surface area contributed by atoms with Gasteiger partial charge in [0.05, 0.1) is 24.9 Å². The summed E-state index contributed by atoms with van der Waals surface area (Å²) in [6.45, 7) is 5.06. The average Bonchev–Trinajstić information content (AvgIpc) is 2.49. The maximum absolute atomic E-state index is 9.95. The van der Waals surface area contributed by atoms with Gasteiger partial charge in [-0.1, -0.05) is 0 Å². The topological polar surface area (TPSA) is 52.9 Å². The Kier molecular flexibility index (Phi) is 4.42. The summed E-state index contributed by atoms with van der Waals surface area (Å²) in [4.78, 5) is 2.38. The van der Waals surface area contributed by atoms with E-state index >= 15 is 0 Å². The summed E-state index contributed by atoms with van der Waals surface area (Å²) in [5.41, 5.74) is 0. The van der Waals surface area contributed by atoms with Crippen molar-refractivity contribution in [3.05, 3.63) is 0 Å². The molecule has 0 radical (unpaired) electrons. The molecule has 3 unspecified atom stereocenters. The average molecular weight is 243 g/mol. The third-order valence-electron chi connectivity index (χ3n) is 3.90. The fraction of sp³-hybridized carbons (Fsp3) is 1.00. The number of piperidine rings is 1. The summed E-state index contributed by atoms with van der Waals surface area (Å²) < 4.78 is 5.43. The number of aliphatic hydroxyl groups excluding tert-OH is 2. The number of hydrogen-bond donors (Lipinski definition) is 2. The van der Waals surface area contributed by atoms with Crippen LogP contribution in [0.2, 0.25) is 0 Å². The smallest absolute Gasteiger partial charge is 0.0900 e. The summed E-state index contributed by atoms with van der Waals surface area (Å²) in [6, 6.07) is 0.940. The van der Waals surface area contributed by atoms with Crippen molar-refractivity contribution in [1.82, 2.24) is 4.90 Å². The molecule has 2 rings (SSSR count). The van der Waals surface area contributed by atoms with Gasteiger partial charge in [-0.25, -0.2) is 0 Å². The van der Waals surface area contributed by atoms with E-state index in [0.717, 1.165) is 12.8 Å². The van der Waals surface area contributed by atoms with E-state index in [1.54, 1.807) is 0 Å². The molecule has 100 valence electrons. The minimum atomic E-state index is -0.407. The molecule has 17 heavy (non-hydrogen) atoms. The second-order valence-corrected chi connectivity index (χ2v) is 5.74. The van der Waals surface area contributed by atoms with Crippen molar-refractivity contribution in [3.8, 4) is 0 Å². The van der Waals surface area contributed by atoms with E-state index in [-0.39, 0.29) is 12.2 Å². The Bertz CT molecular complexity index is 233. The van der Waals surface area contributed by atoms with Crippen LogP contribution < -0.4 is 0 Å². The zero-order chi connectivity index (χ0) is 12.4. The lowest BCUT2D eigenvalue weighted by molar-refractivity contribution is -0.0332. The summed E-state index contributed by atoms with van der Waals surface area (Å²) in [7, 11) is 0. The Morgan fingerprint density at radius 1 is 1.24 bits per heavy atom. The standard InChI is InChI=1S/C13H25NO3/c1-9(2)17-8-13(16)7-14-10-3-4-11(14)6-12(15)5-10/h9-13,15-16H,3-8H2,1-2H3. The molecule has 0 spiro atoms. The quantitative estimate of drug-likeness (QED) is 0.748. The van der Waals surface area contributed by atoms with Gasteiger partial charge in [0.2, 0.25) is 0 Å². The molecule has 2 saturated heterocycles. The summed E-state index contributed by atoms with van der Waals surface area (Å²) in [5.74, 6) is 0. The highest BCUT2D eigenvalue weighted by Crippen LogP contribution is 2.35. The van der Waals surface area contributed by atoms with Crippen LogP contribution in [0.1, 0.15) is 39.5 Å². The molecular formula is C13H25NO3. The van der Waals surface area contributed by atoms with Crippen molar-refractivity contribution in [2.75, 3.05) is 13.2 Å². The fourth-order valence-electron chi connectivity index (χ4n) is 3.14. The normalized spacial score (nSPS) is 35.5. The Balaban J connectivity index is 1.79. The molecule has 2 bridgehead atoms. The predicted octanol–water partition coefficient (Wildman–Crippen LogP) is 0.760. The van der Waals surface area contributed by atoms with Gasteiger partial charge in [0.1, 0.15) is 0 Å². The molecule has 0 aromatic rings. The van der Waals surface area contributed by atoms with E-state index in [2.05, 4.69) is 4.90 Å². The molecule has 2 aliphatic rings. The Hall–Kier alpha value is -0.160. The lowest BCUT2D eigenvalue weighted by atomic mass is 9.99. The van der Waals surface area contributed by atoms with Crippen molar-refractivity contribution in [2.45, 2.75) is 69.9 Å². The van der Waals surface area contributed by atoms with E-state index < -0.39 is 6.10 Å². The molecule has 4 heteroatoms. The number of rotatable bonds is 5. The highest BCUT2D eigenvalue weighted by atomic mass is 16.5. The highest BCUT2D eigenvalue weighted by Gasteiger charge is 2.40. The van der Waals surface area contributed by atoms with Gasteiger partial charge < -0.3 is 14.9 Å². The van der Waals surface area contributed by atoms with Crippen molar-refractivity contribution >= 4 is 0 Å². The molecule has 4 nitrogen and oxygen atoms in total. The molecule has 2 fully saturated rings. The predicted molar refractivity (Wildman–Crippen MR) is 65.9 cm³/mol. The number of hydrogen-bond acceptors (Lipinski definition) is 4. The minimum absolute atomic E-state index is 0.132. The van der Waals surface area contributed by atoms with Gasteiger partial charge >= 0.3 is 0 Å². The molecule has 0 saturated carbocycles. The van der Waals surface area contributed by atoms with E-state index in [0.29, 0.717) is 25.2 Å². The summed E-state index contributed by atoms with van der Waals surface area (Å²) in [6.07, 6.45) is 3.70. The lowest BCUT2D eigenvalue weighted by Crippen LogP contribution is -2.48. The van der Waals surface area contributed by atoms with Crippen molar-refractivity contribution < 1.29 is 14.9 Å². The van der Waals surface area contributed by atoms with Crippen LogP contribution in [0.3, 0.4) is 0 Å². The summed E-state index contributed by atoms with van der Waals surface area (Å²) in [5, 5.41) is 19.7. The number of nitrogens with zero attached hydrogens (tertiary/aromatic N) is 1. The molecule has 2 heterocycles. The third-order valence-corrected chi connectivity index (χ3v) is 3.90. The van der Waals surface area contributed by atoms with Gasteiger partial charge in [0.15, 0.2) is 0 Å². The van der Waals surface area contributed by atoms with Gasteiger partial charge in [-0.05, 0) is 39.5 Å². The molecule has 2 N–H and O–H groups in total. The van der Waals surface area contributed by atoms with Gasteiger partial charge in [-0.15, -0.1) is 0 Å². The van der Waals surface area contributed by atoms with Gasteiger partial charge in [0, 0.05) is 18.6 Å². The Morgan fingerprint density at radius 2 is 1.82 bits per heavy atom. The van der Waals surface area contributed by atoms with Crippen LogP contribution in [-0.4, -0.2) is 58.7 Å². The molecule has 0 amide bonds. The fourth-order valence-corrected chi connectivity index (χ4v) is 3.14. The molecule has 0 aromatic heterocycles. The lowest BCUT2D eigenvalue weighted by Gasteiger charge is -2.38. The Labute approximate surface area is 104 Å². The molecule has 3 atom stereocenters. The second-order valence-electron chi connectivity index (χ2n) is 5.74. The van der Waals surface area contributed by atoms with Crippen LogP contribution >= 0.6 is 0 Å². The maximum Gasteiger partial charge on any atom is 0.0900 e. The van der Waals surface area contributed by atoms with Crippen LogP contribution in [-0.2, 0) is 4.74 Å². The summed E-state index contributed by atoms with van der Waals surface area (Å²) >= 11 is 0. The van der Waals surface area contributed by atoms with Gasteiger partial charge in [-0.3, -0.25) is 4.90 Å². The van der Waals surface area contributed by atoms with Crippen LogP contribution in [0.25, 0.3) is 0 Å².